The van der Waals surface area contributed by atoms with Gasteiger partial charge in [0.2, 0.25) is 10.0 Å². The molecule has 0 amide bonds. The smallest absolute Gasteiger partial charge is 0.240 e. The SMILES string of the molecule is C=CCOC(CNS(=O)(=O)c1ccc(C)cc1)c1ccc(F)cc1. The molecule has 2 aromatic carbocycles. The van der Waals surface area contributed by atoms with E-state index in [4.69, 9.17) is 4.74 Å². The van der Waals surface area contributed by atoms with E-state index in [2.05, 4.69) is 11.3 Å². The van der Waals surface area contributed by atoms with E-state index in [1.165, 1.54) is 12.1 Å². The van der Waals surface area contributed by atoms with E-state index in [0.717, 1.165) is 5.56 Å². The average molecular weight is 349 g/mol. The van der Waals surface area contributed by atoms with Crippen LogP contribution in [0.2, 0.25) is 0 Å². The third-order valence-corrected chi connectivity index (χ3v) is 4.89. The van der Waals surface area contributed by atoms with Crippen LogP contribution in [0.4, 0.5) is 4.39 Å². The number of rotatable bonds is 8. The maximum absolute atomic E-state index is 13.1. The molecule has 128 valence electrons. The molecule has 0 fully saturated rings. The highest BCUT2D eigenvalue weighted by molar-refractivity contribution is 7.89. The lowest BCUT2D eigenvalue weighted by molar-refractivity contribution is 0.0779. The van der Waals surface area contributed by atoms with Gasteiger partial charge in [0.1, 0.15) is 5.82 Å². The van der Waals surface area contributed by atoms with E-state index < -0.39 is 16.1 Å². The molecule has 0 aliphatic carbocycles. The first-order valence-electron chi connectivity index (χ1n) is 7.46. The molecule has 0 aliphatic heterocycles. The Labute approximate surface area is 142 Å². The molecule has 0 saturated carbocycles. The fraction of sp³-hybridized carbons (Fsp3) is 0.222. The lowest BCUT2D eigenvalue weighted by Gasteiger charge is -2.18. The largest absolute Gasteiger partial charge is 0.368 e. The molecule has 0 aliphatic rings. The van der Waals surface area contributed by atoms with Gasteiger partial charge in [0.15, 0.2) is 0 Å². The second-order valence-corrected chi connectivity index (χ2v) is 7.09. The molecule has 24 heavy (non-hydrogen) atoms. The molecule has 1 atom stereocenters. The maximum Gasteiger partial charge on any atom is 0.240 e. The number of hydrogen-bond donors (Lipinski definition) is 1. The van der Waals surface area contributed by atoms with Crippen LogP contribution in [0.25, 0.3) is 0 Å². The number of aryl methyl sites for hydroxylation is 1. The van der Waals surface area contributed by atoms with Crippen molar-refractivity contribution in [2.45, 2.75) is 17.9 Å². The van der Waals surface area contributed by atoms with Gasteiger partial charge in [-0.25, -0.2) is 17.5 Å². The van der Waals surface area contributed by atoms with E-state index in [1.54, 1.807) is 42.5 Å². The predicted octanol–water partition coefficient (Wildman–Crippen LogP) is 3.36. The molecular weight excluding hydrogens is 329 g/mol. The van der Waals surface area contributed by atoms with E-state index in [1.807, 2.05) is 6.92 Å². The highest BCUT2D eigenvalue weighted by atomic mass is 32.2. The Morgan fingerprint density at radius 3 is 2.38 bits per heavy atom. The lowest BCUT2D eigenvalue weighted by Crippen LogP contribution is -2.29. The quantitative estimate of drug-likeness (QED) is 0.744. The van der Waals surface area contributed by atoms with Crippen molar-refractivity contribution in [3.05, 3.63) is 78.1 Å². The van der Waals surface area contributed by atoms with Gasteiger partial charge in [0, 0.05) is 6.54 Å². The number of halogens is 1. The summed E-state index contributed by atoms with van der Waals surface area (Å²) in [7, 11) is -3.64. The number of sulfonamides is 1. The Hall–Kier alpha value is -2.02. The summed E-state index contributed by atoms with van der Waals surface area (Å²) in [6.07, 6.45) is 1.04. The summed E-state index contributed by atoms with van der Waals surface area (Å²) in [5.74, 6) is -0.360. The Morgan fingerprint density at radius 2 is 1.79 bits per heavy atom. The second-order valence-electron chi connectivity index (χ2n) is 5.33. The van der Waals surface area contributed by atoms with Gasteiger partial charge in [-0.2, -0.15) is 0 Å². The van der Waals surface area contributed by atoms with Crippen LogP contribution in [0, 0.1) is 12.7 Å². The molecule has 0 heterocycles. The average Bonchev–Trinajstić information content (AvgIpc) is 2.56. The topological polar surface area (TPSA) is 55.4 Å². The predicted molar refractivity (Wildman–Crippen MR) is 91.7 cm³/mol. The highest BCUT2D eigenvalue weighted by Gasteiger charge is 2.18. The third kappa shape index (κ3) is 4.99. The zero-order chi connectivity index (χ0) is 17.6. The summed E-state index contributed by atoms with van der Waals surface area (Å²) in [5.41, 5.74) is 1.66. The van der Waals surface area contributed by atoms with Gasteiger partial charge in [-0.05, 0) is 36.8 Å². The minimum Gasteiger partial charge on any atom is -0.368 e. The fourth-order valence-corrected chi connectivity index (χ4v) is 3.15. The van der Waals surface area contributed by atoms with Crippen molar-refractivity contribution >= 4 is 10.0 Å². The molecule has 0 spiro atoms. The lowest BCUT2D eigenvalue weighted by atomic mass is 10.1. The van der Waals surface area contributed by atoms with Crippen LogP contribution in [0.15, 0.2) is 66.1 Å². The van der Waals surface area contributed by atoms with E-state index in [0.29, 0.717) is 5.56 Å². The molecule has 1 unspecified atom stereocenters. The molecule has 0 radical (unpaired) electrons. The van der Waals surface area contributed by atoms with Crippen LogP contribution in [0.5, 0.6) is 0 Å². The van der Waals surface area contributed by atoms with Crippen molar-refractivity contribution in [3.63, 3.8) is 0 Å². The van der Waals surface area contributed by atoms with Crippen molar-refractivity contribution in [2.24, 2.45) is 0 Å². The van der Waals surface area contributed by atoms with Crippen molar-refractivity contribution < 1.29 is 17.5 Å². The molecule has 6 heteroatoms. The van der Waals surface area contributed by atoms with Crippen molar-refractivity contribution in [1.82, 2.24) is 4.72 Å². The van der Waals surface area contributed by atoms with Gasteiger partial charge in [-0.15, -0.1) is 6.58 Å². The molecule has 2 rings (SSSR count). The molecule has 0 bridgehead atoms. The highest BCUT2D eigenvalue weighted by Crippen LogP contribution is 2.18. The zero-order valence-corrected chi connectivity index (χ0v) is 14.2. The van der Waals surface area contributed by atoms with Gasteiger partial charge in [-0.1, -0.05) is 35.9 Å². The third-order valence-electron chi connectivity index (χ3n) is 3.45. The molecule has 1 N–H and O–H groups in total. The van der Waals surface area contributed by atoms with E-state index in [-0.39, 0.29) is 23.9 Å². The Morgan fingerprint density at radius 1 is 1.17 bits per heavy atom. The minimum absolute atomic E-state index is 0.0374. The zero-order valence-electron chi connectivity index (χ0n) is 13.4. The second kappa shape index (κ2) is 8.19. The summed E-state index contributed by atoms with van der Waals surface area (Å²) < 4.78 is 45.9. The number of benzene rings is 2. The molecular formula is C18H20FNO3S. The summed E-state index contributed by atoms with van der Waals surface area (Å²) in [5, 5.41) is 0. The summed E-state index contributed by atoms with van der Waals surface area (Å²) >= 11 is 0. The first kappa shape index (κ1) is 18.3. The fourth-order valence-electron chi connectivity index (χ4n) is 2.12. The van der Waals surface area contributed by atoms with Gasteiger partial charge >= 0.3 is 0 Å². The van der Waals surface area contributed by atoms with E-state index in [9.17, 15) is 12.8 Å². The van der Waals surface area contributed by atoms with Crippen molar-refractivity contribution in [1.29, 1.82) is 0 Å². The number of ether oxygens (including phenoxy) is 1. The summed E-state index contributed by atoms with van der Waals surface area (Å²) in [6.45, 7) is 5.76. The summed E-state index contributed by atoms with van der Waals surface area (Å²) in [6, 6.07) is 12.3. The van der Waals surface area contributed by atoms with Crippen LogP contribution in [-0.4, -0.2) is 21.6 Å². The molecule has 4 nitrogen and oxygen atoms in total. The van der Waals surface area contributed by atoms with Crippen LogP contribution >= 0.6 is 0 Å². The first-order chi connectivity index (χ1) is 11.4. The monoisotopic (exact) mass is 349 g/mol. The van der Waals surface area contributed by atoms with Crippen LogP contribution in [0.3, 0.4) is 0 Å². The minimum atomic E-state index is -3.64. The van der Waals surface area contributed by atoms with Crippen LogP contribution < -0.4 is 4.72 Å². The van der Waals surface area contributed by atoms with Gasteiger partial charge in [0.05, 0.1) is 17.6 Å². The van der Waals surface area contributed by atoms with Crippen molar-refractivity contribution in [2.75, 3.05) is 13.2 Å². The van der Waals surface area contributed by atoms with Crippen LogP contribution in [-0.2, 0) is 14.8 Å². The first-order valence-corrected chi connectivity index (χ1v) is 8.95. The Kier molecular flexibility index (Phi) is 6.25. The van der Waals surface area contributed by atoms with Crippen LogP contribution in [0.1, 0.15) is 17.2 Å². The summed E-state index contributed by atoms with van der Waals surface area (Å²) in [4.78, 5) is 0.190. The Bertz CT molecular complexity index is 771. The van der Waals surface area contributed by atoms with Gasteiger partial charge < -0.3 is 4.74 Å². The molecule has 2 aromatic rings. The van der Waals surface area contributed by atoms with Crippen molar-refractivity contribution in [3.8, 4) is 0 Å². The van der Waals surface area contributed by atoms with E-state index >= 15 is 0 Å². The number of nitrogens with one attached hydrogen (secondary N) is 1. The molecule has 0 aromatic heterocycles. The molecule has 0 saturated heterocycles. The normalized spacial score (nSPS) is 12.8. The van der Waals surface area contributed by atoms with Gasteiger partial charge in [0.25, 0.3) is 0 Å². The Balaban J connectivity index is 2.12. The maximum atomic E-state index is 13.1. The van der Waals surface area contributed by atoms with Gasteiger partial charge in [-0.3, -0.25) is 0 Å². The number of hydrogen-bond acceptors (Lipinski definition) is 3. The standard InChI is InChI=1S/C18H20FNO3S/c1-3-12-23-18(15-6-8-16(19)9-7-15)13-20-24(21,22)17-10-4-14(2)5-11-17/h3-11,18,20H,1,12-13H2,2H3.